The van der Waals surface area contributed by atoms with Gasteiger partial charge in [-0.3, -0.25) is 0 Å². The standard InChI is InChI=1S/C23H19BrN2O2/c1-27-18-11-9-15(10-12-18)20-14-21-19-7-2-3-8-22(19)28-23(26(21)25-20)16-5-4-6-17(24)13-16/h2-13,21,23H,14H2,1H3/t21-,23-/m0/s1. The van der Waals surface area contributed by atoms with Crippen molar-refractivity contribution in [2.45, 2.75) is 18.7 Å². The maximum absolute atomic E-state index is 6.39. The fraction of sp³-hybridized carbons (Fsp3) is 0.174. The molecule has 0 aromatic heterocycles. The van der Waals surface area contributed by atoms with E-state index in [-0.39, 0.29) is 12.3 Å². The van der Waals surface area contributed by atoms with E-state index in [0.717, 1.165) is 39.2 Å². The molecule has 0 unspecified atom stereocenters. The molecule has 0 aliphatic carbocycles. The van der Waals surface area contributed by atoms with E-state index in [1.54, 1.807) is 7.11 Å². The van der Waals surface area contributed by atoms with Crippen LogP contribution in [0.2, 0.25) is 0 Å². The van der Waals surface area contributed by atoms with Crippen LogP contribution in [0.1, 0.15) is 35.4 Å². The van der Waals surface area contributed by atoms with Crippen molar-refractivity contribution < 1.29 is 9.47 Å². The lowest BCUT2D eigenvalue weighted by Crippen LogP contribution is -2.33. The number of nitrogens with zero attached hydrogens (tertiary/aromatic N) is 2. The number of hydrazone groups is 1. The molecule has 2 heterocycles. The highest BCUT2D eigenvalue weighted by atomic mass is 79.9. The summed E-state index contributed by atoms with van der Waals surface area (Å²) in [7, 11) is 1.68. The molecule has 3 aromatic rings. The van der Waals surface area contributed by atoms with E-state index in [2.05, 4.69) is 57.3 Å². The Bertz CT molecular complexity index is 1050. The zero-order chi connectivity index (χ0) is 19.1. The topological polar surface area (TPSA) is 34.1 Å². The average molecular weight is 435 g/mol. The molecular formula is C23H19BrN2O2. The van der Waals surface area contributed by atoms with Gasteiger partial charge in [-0.25, -0.2) is 5.01 Å². The van der Waals surface area contributed by atoms with Crippen molar-refractivity contribution in [1.82, 2.24) is 5.01 Å². The van der Waals surface area contributed by atoms with Crippen LogP contribution >= 0.6 is 15.9 Å². The zero-order valence-electron chi connectivity index (χ0n) is 15.4. The second kappa shape index (κ2) is 6.99. The van der Waals surface area contributed by atoms with Gasteiger partial charge >= 0.3 is 0 Å². The molecule has 2 aliphatic heterocycles. The molecule has 0 radical (unpaired) electrons. The Balaban J connectivity index is 1.57. The number of halogens is 1. The molecular weight excluding hydrogens is 416 g/mol. The molecule has 140 valence electrons. The minimum atomic E-state index is -0.256. The molecule has 5 heteroatoms. The molecule has 0 N–H and O–H groups in total. The summed E-state index contributed by atoms with van der Waals surface area (Å²) in [6, 6.07) is 24.7. The van der Waals surface area contributed by atoms with Gasteiger partial charge in [0, 0.05) is 22.0 Å². The summed E-state index contributed by atoms with van der Waals surface area (Å²) in [4.78, 5) is 0. The predicted molar refractivity (Wildman–Crippen MR) is 113 cm³/mol. The third-order valence-electron chi connectivity index (χ3n) is 5.26. The third-order valence-corrected chi connectivity index (χ3v) is 5.75. The number of fused-ring (bicyclic) bond motifs is 3. The maximum atomic E-state index is 6.39. The Kier molecular flexibility index (Phi) is 4.32. The molecule has 0 spiro atoms. The fourth-order valence-electron chi connectivity index (χ4n) is 3.87. The van der Waals surface area contributed by atoms with Crippen LogP contribution in [0.15, 0.2) is 82.4 Å². The number of methoxy groups -OCH3 is 1. The van der Waals surface area contributed by atoms with Crippen molar-refractivity contribution in [3.05, 3.63) is 94.0 Å². The van der Waals surface area contributed by atoms with Crippen molar-refractivity contribution in [3.63, 3.8) is 0 Å². The highest BCUT2D eigenvalue weighted by Gasteiger charge is 2.40. The molecule has 2 atom stereocenters. The number of hydrogen-bond acceptors (Lipinski definition) is 4. The molecule has 0 saturated carbocycles. The first kappa shape index (κ1) is 17.3. The summed E-state index contributed by atoms with van der Waals surface area (Å²) in [5.74, 6) is 1.78. The molecule has 0 saturated heterocycles. The summed E-state index contributed by atoms with van der Waals surface area (Å²) in [5.41, 5.74) is 4.43. The van der Waals surface area contributed by atoms with Crippen LogP contribution in [-0.4, -0.2) is 17.8 Å². The number of para-hydroxylation sites is 1. The lowest BCUT2D eigenvalue weighted by atomic mass is 9.96. The van der Waals surface area contributed by atoms with Gasteiger partial charge in [0.15, 0.2) is 0 Å². The van der Waals surface area contributed by atoms with Crippen LogP contribution in [0.3, 0.4) is 0 Å². The Morgan fingerprint density at radius 3 is 2.64 bits per heavy atom. The molecule has 3 aromatic carbocycles. The lowest BCUT2D eigenvalue weighted by molar-refractivity contribution is -0.0190. The van der Waals surface area contributed by atoms with Crippen LogP contribution in [0.4, 0.5) is 0 Å². The molecule has 0 bridgehead atoms. The van der Waals surface area contributed by atoms with Gasteiger partial charge in [0.1, 0.15) is 11.5 Å². The molecule has 2 aliphatic rings. The maximum Gasteiger partial charge on any atom is 0.213 e. The third kappa shape index (κ3) is 2.96. The fourth-order valence-corrected chi connectivity index (χ4v) is 4.29. The second-order valence-corrected chi connectivity index (χ2v) is 7.85. The van der Waals surface area contributed by atoms with Crippen LogP contribution in [0, 0.1) is 0 Å². The summed E-state index contributed by atoms with van der Waals surface area (Å²) in [5, 5.41) is 7.09. The van der Waals surface area contributed by atoms with Gasteiger partial charge in [-0.15, -0.1) is 0 Å². The first-order chi connectivity index (χ1) is 13.7. The second-order valence-electron chi connectivity index (χ2n) is 6.94. The normalized spacial score (nSPS) is 20.1. The SMILES string of the molecule is COc1ccc(C2=NN3[C@@H](C2)c2ccccc2O[C@H]3c2cccc(Br)c2)cc1. The minimum absolute atomic E-state index is 0.158. The Morgan fingerprint density at radius 1 is 1.04 bits per heavy atom. The van der Waals surface area contributed by atoms with Crippen molar-refractivity contribution in [2.24, 2.45) is 5.10 Å². The van der Waals surface area contributed by atoms with Crippen LogP contribution in [0.5, 0.6) is 11.5 Å². The summed E-state index contributed by atoms with van der Waals surface area (Å²) in [6.07, 6.45) is 0.588. The number of rotatable bonds is 3. The van der Waals surface area contributed by atoms with Gasteiger partial charge in [-0.2, -0.15) is 5.10 Å². The van der Waals surface area contributed by atoms with Gasteiger partial charge < -0.3 is 9.47 Å². The average Bonchev–Trinajstić information content (AvgIpc) is 3.19. The van der Waals surface area contributed by atoms with E-state index in [0.29, 0.717) is 0 Å². The van der Waals surface area contributed by atoms with Crippen molar-refractivity contribution in [2.75, 3.05) is 7.11 Å². The number of hydrogen-bond donors (Lipinski definition) is 0. The molecule has 5 rings (SSSR count). The van der Waals surface area contributed by atoms with Crippen LogP contribution in [0.25, 0.3) is 0 Å². The van der Waals surface area contributed by atoms with Crippen molar-refractivity contribution >= 4 is 21.6 Å². The Labute approximate surface area is 172 Å². The molecule has 0 fully saturated rings. The monoisotopic (exact) mass is 434 g/mol. The van der Waals surface area contributed by atoms with Gasteiger partial charge in [0.25, 0.3) is 0 Å². The summed E-state index contributed by atoms with van der Waals surface area (Å²) < 4.78 is 12.7. The highest BCUT2D eigenvalue weighted by Crippen LogP contribution is 2.47. The smallest absolute Gasteiger partial charge is 0.213 e. The molecule has 4 nitrogen and oxygen atoms in total. The molecule has 0 amide bonds. The minimum Gasteiger partial charge on any atom is -0.497 e. The van der Waals surface area contributed by atoms with Gasteiger partial charge in [0.05, 0.1) is 18.9 Å². The lowest BCUT2D eigenvalue weighted by Gasteiger charge is -2.38. The van der Waals surface area contributed by atoms with Crippen LogP contribution in [-0.2, 0) is 0 Å². The Hall–Kier alpha value is -2.79. The quantitative estimate of drug-likeness (QED) is 0.529. The van der Waals surface area contributed by atoms with E-state index < -0.39 is 0 Å². The largest absolute Gasteiger partial charge is 0.497 e. The molecule has 28 heavy (non-hydrogen) atoms. The van der Waals surface area contributed by atoms with Gasteiger partial charge in [-0.1, -0.05) is 46.3 Å². The first-order valence-electron chi connectivity index (χ1n) is 9.24. The predicted octanol–water partition coefficient (Wildman–Crippen LogP) is 5.70. The zero-order valence-corrected chi connectivity index (χ0v) is 17.0. The first-order valence-corrected chi connectivity index (χ1v) is 10.0. The van der Waals surface area contributed by atoms with E-state index in [4.69, 9.17) is 14.6 Å². The van der Waals surface area contributed by atoms with Crippen molar-refractivity contribution in [1.29, 1.82) is 0 Å². The summed E-state index contributed by atoms with van der Waals surface area (Å²) in [6.45, 7) is 0. The van der Waals surface area contributed by atoms with E-state index in [1.807, 2.05) is 36.4 Å². The van der Waals surface area contributed by atoms with E-state index >= 15 is 0 Å². The Morgan fingerprint density at radius 2 is 1.86 bits per heavy atom. The summed E-state index contributed by atoms with van der Waals surface area (Å²) >= 11 is 3.57. The van der Waals surface area contributed by atoms with E-state index in [9.17, 15) is 0 Å². The van der Waals surface area contributed by atoms with Crippen molar-refractivity contribution in [3.8, 4) is 11.5 Å². The highest BCUT2D eigenvalue weighted by molar-refractivity contribution is 9.10. The number of ether oxygens (including phenoxy) is 2. The van der Waals surface area contributed by atoms with Gasteiger partial charge in [0.2, 0.25) is 6.23 Å². The number of benzene rings is 3. The van der Waals surface area contributed by atoms with E-state index in [1.165, 1.54) is 5.56 Å². The van der Waals surface area contributed by atoms with Gasteiger partial charge in [-0.05, 0) is 48.0 Å². The van der Waals surface area contributed by atoms with Crippen LogP contribution < -0.4 is 9.47 Å².